The number of nitrogens with zero attached hydrogens (tertiary/aromatic N) is 4. The molecule has 0 spiro atoms. The number of halogens is 3. The zero-order valence-corrected chi connectivity index (χ0v) is 19.7. The van der Waals surface area contributed by atoms with Gasteiger partial charge in [-0.25, -0.2) is 14.5 Å². The molecule has 2 N–H and O–H groups in total. The second-order valence-corrected chi connectivity index (χ2v) is 7.67. The molecule has 0 fully saturated rings. The summed E-state index contributed by atoms with van der Waals surface area (Å²) in [6, 6.07) is 10.4. The van der Waals surface area contributed by atoms with Crippen LogP contribution in [0, 0.1) is 0 Å². The van der Waals surface area contributed by atoms with Crippen molar-refractivity contribution in [2.75, 3.05) is 12.4 Å². The Bertz CT molecular complexity index is 1450. The summed E-state index contributed by atoms with van der Waals surface area (Å²) < 4.78 is 48.8. The van der Waals surface area contributed by atoms with E-state index in [4.69, 9.17) is 4.74 Å². The Kier molecular flexibility index (Phi) is 7.22. The van der Waals surface area contributed by atoms with Crippen molar-refractivity contribution in [1.82, 2.24) is 24.9 Å². The van der Waals surface area contributed by atoms with E-state index in [0.29, 0.717) is 29.1 Å². The van der Waals surface area contributed by atoms with Gasteiger partial charge in [-0.05, 0) is 24.3 Å². The molecule has 0 saturated carbocycles. The van der Waals surface area contributed by atoms with Crippen molar-refractivity contribution < 1.29 is 32.2 Å². The molecule has 0 radical (unpaired) electrons. The molecule has 3 aromatic heterocycles. The highest BCUT2D eigenvalue weighted by molar-refractivity contribution is 5.97. The van der Waals surface area contributed by atoms with Crippen molar-refractivity contribution >= 4 is 23.3 Å². The van der Waals surface area contributed by atoms with Crippen molar-refractivity contribution in [3.05, 3.63) is 66.0 Å². The summed E-state index contributed by atoms with van der Waals surface area (Å²) in [4.78, 5) is 33.0. The molecule has 4 aromatic rings. The average Bonchev–Trinajstić information content (AvgIpc) is 3.28. The van der Waals surface area contributed by atoms with Crippen LogP contribution >= 0.6 is 0 Å². The summed E-state index contributed by atoms with van der Waals surface area (Å²) >= 11 is 0. The highest BCUT2D eigenvalue weighted by Gasteiger charge is 2.32. The van der Waals surface area contributed by atoms with E-state index in [1.807, 2.05) is 0 Å². The normalized spacial score (nSPS) is 11.3. The molecular formula is C24H21F3N6O4. The number of ether oxygens (including phenoxy) is 2. The monoisotopic (exact) mass is 514 g/mol. The fourth-order valence-electron chi connectivity index (χ4n) is 3.39. The number of carbonyl (C=O) groups is 2. The molecule has 192 valence electrons. The summed E-state index contributed by atoms with van der Waals surface area (Å²) in [5.41, 5.74) is 1.61. The fourth-order valence-corrected chi connectivity index (χ4v) is 3.39. The number of imidazole rings is 1. The molecule has 0 bridgehead atoms. The first-order chi connectivity index (χ1) is 17.7. The van der Waals surface area contributed by atoms with Crippen LogP contribution < -0.4 is 20.1 Å². The van der Waals surface area contributed by atoms with Gasteiger partial charge >= 0.3 is 6.36 Å². The first-order valence-electron chi connectivity index (χ1n) is 11.0. The molecular weight excluding hydrogens is 493 g/mol. The number of benzene rings is 1. The molecule has 0 aliphatic rings. The van der Waals surface area contributed by atoms with E-state index in [0.717, 1.165) is 6.07 Å². The highest BCUT2D eigenvalue weighted by atomic mass is 19.4. The van der Waals surface area contributed by atoms with E-state index >= 15 is 0 Å². The molecule has 4 rings (SSSR count). The topological polar surface area (TPSA) is 120 Å². The van der Waals surface area contributed by atoms with Crippen molar-refractivity contribution in [3.63, 3.8) is 0 Å². The lowest BCUT2D eigenvalue weighted by atomic mass is 10.1. The van der Waals surface area contributed by atoms with Crippen LogP contribution in [0.3, 0.4) is 0 Å². The second kappa shape index (κ2) is 10.5. The number of hydrogen-bond donors (Lipinski definition) is 2. The number of nitrogens with one attached hydrogen (secondary N) is 2. The maximum absolute atomic E-state index is 13.0. The van der Waals surface area contributed by atoms with Crippen molar-refractivity contribution in [3.8, 4) is 22.9 Å². The summed E-state index contributed by atoms with van der Waals surface area (Å²) in [7, 11) is 1.34. The molecule has 2 amide bonds. The Balaban J connectivity index is 1.57. The molecule has 0 aliphatic carbocycles. The molecule has 0 unspecified atom stereocenters. The van der Waals surface area contributed by atoms with Gasteiger partial charge in [-0.3, -0.25) is 9.59 Å². The number of pyridine rings is 1. The van der Waals surface area contributed by atoms with Crippen LogP contribution in [0.5, 0.6) is 11.6 Å². The van der Waals surface area contributed by atoms with E-state index in [9.17, 15) is 22.8 Å². The molecule has 0 saturated heterocycles. The van der Waals surface area contributed by atoms with Crippen LogP contribution in [0.2, 0.25) is 0 Å². The minimum absolute atomic E-state index is 0.0225. The summed E-state index contributed by atoms with van der Waals surface area (Å²) in [6.45, 7) is 1.49. The molecule has 13 heteroatoms. The molecule has 1 aromatic carbocycles. The molecule has 10 nitrogen and oxygen atoms in total. The van der Waals surface area contributed by atoms with E-state index in [1.54, 1.807) is 25.3 Å². The van der Waals surface area contributed by atoms with E-state index in [-0.39, 0.29) is 29.5 Å². The van der Waals surface area contributed by atoms with Gasteiger partial charge in [0, 0.05) is 30.3 Å². The number of carbonyl (C=O) groups excluding carboxylic acids is 2. The Hall–Kier alpha value is -4.68. The van der Waals surface area contributed by atoms with Crippen LogP contribution in [0.4, 0.5) is 19.0 Å². The maximum Gasteiger partial charge on any atom is 0.573 e. The van der Waals surface area contributed by atoms with Gasteiger partial charge in [0.15, 0.2) is 11.5 Å². The SMILES string of the molecule is CCC(=O)Nc1cn2nc(-c3cnc(OC)c(C(=O)NCc4ccccc4OC(F)(F)F)c3)ccc2n1. The van der Waals surface area contributed by atoms with Crippen LogP contribution in [0.25, 0.3) is 16.9 Å². The van der Waals surface area contributed by atoms with Gasteiger partial charge in [-0.1, -0.05) is 25.1 Å². The molecule has 0 aliphatic heterocycles. The summed E-state index contributed by atoms with van der Waals surface area (Å²) in [6.07, 6.45) is -1.55. The first-order valence-corrected chi connectivity index (χ1v) is 11.0. The Morgan fingerprint density at radius 2 is 1.92 bits per heavy atom. The van der Waals surface area contributed by atoms with Gasteiger partial charge < -0.3 is 20.1 Å². The Morgan fingerprint density at radius 1 is 1.14 bits per heavy atom. The lowest BCUT2D eigenvalue weighted by Gasteiger charge is -2.14. The Labute approximate surface area is 208 Å². The van der Waals surface area contributed by atoms with Crippen LogP contribution in [-0.2, 0) is 11.3 Å². The number of aromatic nitrogens is 4. The van der Waals surface area contributed by atoms with Gasteiger partial charge in [0.2, 0.25) is 11.8 Å². The highest BCUT2D eigenvalue weighted by Crippen LogP contribution is 2.27. The van der Waals surface area contributed by atoms with Crippen molar-refractivity contribution in [2.24, 2.45) is 0 Å². The lowest BCUT2D eigenvalue weighted by molar-refractivity contribution is -0.274. The third-order valence-electron chi connectivity index (χ3n) is 5.13. The smallest absolute Gasteiger partial charge is 0.480 e. The van der Waals surface area contributed by atoms with Gasteiger partial charge in [0.1, 0.15) is 11.3 Å². The van der Waals surface area contributed by atoms with Crippen LogP contribution in [0.15, 0.2) is 54.9 Å². The minimum atomic E-state index is -4.87. The predicted octanol–water partition coefficient (Wildman–Crippen LogP) is 3.98. The third kappa shape index (κ3) is 6.12. The number of amides is 2. The van der Waals surface area contributed by atoms with Crippen LogP contribution in [-0.4, -0.2) is 44.9 Å². The quantitative estimate of drug-likeness (QED) is 0.365. The molecule has 3 heterocycles. The second-order valence-electron chi connectivity index (χ2n) is 7.67. The van der Waals surface area contributed by atoms with E-state index < -0.39 is 18.0 Å². The van der Waals surface area contributed by atoms with Crippen molar-refractivity contribution in [1.29, 1.82) is 0 Å². The summed E-state index contributed by atoms with van der Waals surface area (Å²) in [5.74, 6) is -0.859. The van der Waals surface area contributed by atoms with Crippen LogP contribution in [0.1, 0.15) is 29.3 Å². The fraction of sp³-hybridized carbons (Fsp3) is 0.208. The average molecular weight is 514 g/mol. The number of methoxy groups -OCH3 is 1. The predicted molar refractivity (Wildman–Crippen MR) is 126 cm³/mol. The number of anilines is 1. The maximum atomic E-state index is 13.0. The standard InChI is InChI=1S/C24H21F3N6O4/c1-3-21(34)31-19-13-33-20(30-19)9-8-17(32-33)15-10-16(23(36-2)29-12-15)22(35)28-11-14-6-4-5-7-18(14)37-24(25,26)27/h4-10,12-13H,3,11H2,1-2H3,(H,28,35)(H,31,34). The molecule has 37 heavy (non-hydrogen) atoms. The zero-order valence-electron chi connectivity index (χ0n) is 19.7. The number of alkyl halides is 3. The van der Waals surface area contributed by atoms with Crippen molar-refractivity contribution in [2.45, 2.75) is 26.3 Å². The zero-order chi connectivity index (χ0) is 26.6. The first kappa shape index (κ1) is 25.4. The third-order valence-corrected chi connectivity index (χ3v) is 5.13. The number of hydrogen-bond acceptors (Lipinski definition) is 7. The number of rotatable bonds is 8. The number of fused-ring (bicyclic) bond motifs is 1. The van der Waals surface area contributed by atoms with Gasteiger partial charge in [-0.15, -0.1) is 13.2 Å². The van der Waals surface area contributed by atoms with Gasteiger partial charge in [-0.2, -0.15) is 5.10 Å². The van der Waals surface area contributed by atoms with E-state index in [1.165, 1.54) is 42.1 Å². The van der Waals surface area contributed by atoms with E-state index in [2.05, 4.69) is 30.4 Å². The molecule has 0 atom stereocenters. The summed E-state index contributed by atoms with van der Waals surface area (Å²) in [5, 5.41) is 9.69. The van der Waals surface area contributed by atoms with Gasteiger partial charge in [0.05, 0.1) is 19.0 Å². The largest absolute Gasteiger partial charge is 0.573 e. The lowest BCUT2D eigenvalue weighted by Crippen LogP contribution is -2.25. The van der Waals surface area contributed by atoms with Gasteiger partial charge in [0.25, 0.3) is 5.91 Å². The number of para-hydroxylation sites is 1. The minimum Gasteiger partial charge on any atom is -0.480 e. The Morgan fingerprint density at radius 3 is 2.65 bits per heavy atom.